The Labute approximate surface area is 156 Å². The zero-order valence-electron chi connectivity index (χ0n) is 14.5. The second-order valence-corrected chi connectivity index (χ2v) is 9.15. The van der Waals surface area contributed by atoms with Crippen molar-refractivity contribution in [1.29, 1.82) is 0 Å². The molecule has 1 aromatic heterocycles. The molecule has 0 aliphatic heterocycles. The Morgan fingerprint density at radius 1 is 1.36 bits per heavy atom. The molecule has 2 unspecified atom stereocenters. The van der Waals surface area contributed by atoms with Gasteiger partial charge >= 0.3 is 11.9 Å². The van der Waals surface area contributed by atoms with E-state index in [9.17, 15) is 22.5 Å². The van der Waals surface area contributed by atoms with Crippen LogP contribution in [0.3, 0.4) is 0 Å². The van der Waals surface area contributed by atoms with Crippen LogP contribution in [0, 0.1) is 5.82 Å². The molecule has 0 aliphatic rings. The number of halogens is 4. The van der Waals surface area contributed by atoms with E-state index in [2.05, 4.69) is 30.4 Å². The normalized spacial score (nSPS) is 16.2. The highest BCUT2D eigenvalue weighted by molar-refractivity contribution is 9.10. The predicted molar refractivity (Wildman–Crippen MR) is 91.9 cm³/mol. The first-order valence-electron chi connectivity index (χ1n) is 7.34. The monoisotopic (exact) mass is 444 g/mol. The summed E-state index contributed by atoms with van der Waals surface area (Å²) in [6.07, 6.45) is 0. The standard InChI is InChI=1S/C15H20BrF3N2O3S/c1-6-24-12(22)15(18,19)14(5,21-25(23)13(2,3)4)11-9(17)7-8-10(16)20-11/h7-8,21H,6H2,1-5H3. The van der Waals surface area contributed by atoms with E-state index in [4.69, 9.17) is 0 Å². The fourth-order valence-corrected chi connectivity index (χ4v) is 3.01. The van der Waals surface area contributed by atoms with Crippen LogP contribution in [0.25, 0.3) is 0 Å². The molecule has 0 amide bonds. The summed E-state index contributed by atoms with van der Waals surface area (Å²) in [6, 6.07) is 2.15. The van der Waals surface area contributed by atoms with Gasteiger partial charge in [0.1, 0.15) is 20.9 Å². The number of hydrogen-bond donors (Lipinski definition) is 1. The van der Waals surface area contributed by atoms with Crippen LogP contribution in [0.15, 0.2) is 16.7 Å². The van der Waals surface area contributed by atoms with Gasteiger partial charge in [0.2, 0.25) is 0 Å². The first-order valence-corrected chi connectivity index (χ1v) is 9.29. The lowest BCUT2D eigenvalue weighted by atomic mass is 9.90. The molecule has 0 aliphatic carbocycles. The highest BCUT2D eigenvalue weighted by Crippen LogP contribution is 2.40. The predicted octanol–water partition coefficient (Wildman–Crippen LogP) is 3.45. The van der Waals surface area contributed by atoms with E-state index in [1.807, 2.05) is 0 Å². The van der Waals surface area contributed by atoms with Crippen LogP contribution in [-0.4, -0.2) is 32.8 Å². The minimum absolute atomic E-state index is 0.0816. The third kappa shape index (κ3) is 4.66. The Bertz CT molecular complexity index is 643. The second kappa shape index (κ2) is 7.81. The summed E-state index contributed by atoms with van der Waals surface area (Å²) in [5, 5.41) is 0. The number of hydrogen-bond acceptors (Lipinski definition) is 5. The number of esters is 1. The molecule has 0 aromatic carbocycles. The molecular weight excluding hydrogens is 425 g/mol. The Balaban J connectivity index is 3.56. The van der Waals surface area contributed by atoms with Crippen molar-refractivity contribution >= 4 is 33.3 Å². The molecular formula is C15H20BrF3N2O3S. The molecule has 1 rings (SSSR count). The van der Waals surface area contributed by atoms with Crippen molar-refractivity contribution in [3.05, 3.63) is 28.2 Å². The van der Waals surface area contributed by atoms with Crippen LogP contribution in [-0.2, 0) is 26.4 Å². The summed E-state index contributed by atoms with van der Waals surface area (Å²) in [5.74, 6) is -7.18. The van der Waals surface area contributed by atoms with Crippen molar-refractivity contribution in [3.8, 4) is 0 Å². The third-order valence-corrected chi connectivity index (χ3v) is 5.45. The molecule has 10 heteroatoms. The SMILES string of the molecule is CCOC(=O)C(F)(F)C(C)(N[S+]([O-])C(C)(C)C)c1nc(Br)ccc1F. The van der Waals surface area contributed by atoms with Crippen LogP contribution in [0.4, 0.5) is 13.2 Å². The number of ether oxygens (including phenoxy) is 1. The number of pyridine rings is 1. The van der Waals surface area contributed by atoms with Crippen LogP contribution >= 0.6 is 15.9 Å². The van der Waals surface area contributed by atoms with Gasteiger partial charge in [-0.05, 0) is 62.7 Å². The molecule has 0 radical (unpaired) electrons. The van der Waals surface area contributed by atoms with E-state index < -0.39 is 45.1 Å². The number of rotatable bonds is 6. The van der Waals surface area contributed by atoms with E-state index in [1.54, 1.807) is 20.8 Å². The maximum atomic E-state index is 14.9. The van der Waals surface area contributed by atoms with E-state index in [0.29, 0.717) is 0 Å². The van der Waals surface area contributed by atoms with E-state index in [1.165, 1.54) is 13.0 Å². The molecule has 1 N–H and O–H groups in total. The minimum Gasteiger partial charge on any atom is -0.598 e. The van der Waals surface area contributed by atoms with Crippen molar-refractivity contribution in [2.24, 2.45) is 0 Å². The van der Waals surface area contributed by atoms with Crippen LogP contribution in [0.1, 0.15) is 40.3 Å². The molecule has 1 heterocycles. The second-order valence-electron chi connectivity index (χ2n) is 6.37. The van der Waals surface area contributed by atoms with Gasteiger partial charge in [-0.15, -0.1) is 4.72 Å². The van der Waals surface area contributed by atoms with Crippen LogP contribution < -0.4 is 4.72 Å². The summed E-state index contributed by atoms with van der Waals surface area (Å²) >= 11 is 0.938. The molecule has 5 nitrogen and oxygen atoms in total. The molecule has 0 spiro atoms. The zero-order chi connectivity index (χ0) is 19.6. The van der Waals surface area contributed by atoms with Crippen LogP contribution in [0.5, 0.6) is 0 Å². The zero-order valence-corrected chi connectivity index (χ0v) is 16.9. The van der Waals surface area contributed by atoms with E-state index in [-0.39, 0.29) is 11.2 Å². The lowest BCUT2D eigenvalue weighted by Crippen LogP contribution is -2.62. The van der Waals surface area contributed by atoms with Gasteiger partial charge in [0.05, 0.1) is 6.61 Å². The smallest absolute Gasteiger partial charge is 0.379 e. The van der Waals surface area contributed by atoms with Gasteiger partial charge < -0.3 is 9.29 Å². The van der Waals surface area contributed by atoms with Gasteiger partial charge in [-0.1, -0.05) is 0 Å². The topological polar surface area (TPSA) is 74.3 Å². The van der Waals surface area contributed by atoms with Gasteiger partial charge in [-0.2, -0.15) is 8.78 Å². The Hall–Kier alpha value is -0.840. The molecule has 142 valence electrons. The Morgan fingerprint density at radius 3 is 2.40 bits per heavy atom. The van der Waals surface area contributed by atoms with E-state index >= 15 is 0 Å². The van der Waals surface area contributed by atoms with Crippen molar-refractivity contribution in [3.63, 3.8) is 0 Å². The lowest BCUT2D eigenvalue weighted by Gasteiger charge is -2.38. The van der Waals surface area contributed by atoms with Crippen molar-refractivity contribution in [2.75, 3.05) is 6.61 Å². The molecule has 25 heavy (non-hydrogen) atoms. The summed E-state index contributed by atoms with van der Waals surface area (Å²) in [5.41, 5.74) is -3.46. The maximum Gasteiger partial charge on any atom is 0.379 e. The van der Waals surface area contributed by atoms with Gasteiger partial charge in [0.25, 0.3) is 0 Å². The summed E-state index contributed by atoms with van der Waals surface area (Å²) in [4.78, 5) is 15.6. The number of alkyl halides is 2. The highest BCUT2D eigenvalue weighted by atomic mass is 79.9. The summed E-state index contributed by atoms with van der Waals surface area (Å²) < 4.78 is 62.3. The molecule has 0 fully saturated rings. The number of nitrogens with zero attached hydrogens (tertiary/aromatic N) is 1. The molecule has 0 saturated carbocycles. The number of carbonyl (C=O) groups excluding carboxylic acids is 1. The quantitative estimate of drug-likeness (QED) is 0.413. The highest BCUT2D eigenvalue weighted by Gasteiger charge is 2.63. The first-order chi connectivity index (χ1) is 11.3. The largest absolute Gasteiger partial charge is 0.598 e. The Kier molecular flexibility index (Phi) is 6.94. The molecule has 2 atom stereocenters. The fraction of sp³-hybridized carbons (Fsp3) is 0.600. The minimum atomic E-state index is -4.24. The molecule has 0 saturated heterocycles. The molecule has 1 aromatic rings. The number of nitrogens with one attached hydrogen (secondary N) is 1. The van der Waals surface area contributed by atoms with Crippen molar-refractivity contribution < 1.29 is 27.3 Å². The number of carbonyl (C=O) groups is 1. The maximum absolute atomic E-state index is 14.9. The van der Waals surface area contributed by atoms with Crippen molar-refractivity contribution in [2.45, 2.75) is 50.8 Å². The average molecular weight is 445 g/mol. The first kappa shape index (κ1) is 22.2. The fourth-order valence-electron chi connectivity index (χ4n) is 1.79. The Morgan fingerprint density at radius 2 is 1.92 bits per heavy atom. The van der Waals surface area contributed by atoms with Gasteiger partial charge in [0.15, 0.2) is 5.54 Å². The summed E-state index contributed by atoms with van der Waals surface area (Å²) in [7, 11) is 0. The van der Waals surface area contributed by atoms with Gasteiger partial charge in [-0.3, -0.25) is 0 Å². The lowest BCUT2D eigenvalue weighted by molar-refractivity contribution is -0.184. The summed E-state index contributed by atoms with van der Waals surface area (Å²) in [6.45, 7) is 6.58. The number of aromatic nitrogens is 1. The van der Waals surface area contributed by atoms with Crippen LogP contribution in [0.2, 0.25) is 0 Å². The van der Waals surface area contributed by atoms with Crippen molar-refractivity contribution in [1.82, 2.24) is 9.71 Å². The van der Waals surface area contributed by atoms with Gasteiger partial charge in [0, 0.05) is 11.4 Å². The van der Waals surface area contributed by atoms with E-state index in [0.717, 1.165) is 13.0 Å². The third-order valence-electron chi connectivity index (χ3n) is 3.30. The average Bonchev–Trinajstić information content (AvgIpc) is 2.48. The van der Waals surface area contributed by atoms with Gasteiger partial charge in [-0.25, -0.2) is 14.2 Å². The molecule has 0 bridgehead atoms.